The van der Waals surface area contributed by atoms with Crippen LogP contribution in [0.25, 0.3) is 10.8 Å². The van der Waals surface area contributed by atoms with E-state index in [1.165, 1.54) is 48.5 Å². The fraction of sp³-hybridized carbons (Fsp3) is 0.0943. The first-order valence-corrected chi connectivity index (χ1v) is 19.6. The molecular formula is C53H38F4N2. The molecule has 0 aromatic heterocycles. The highest BCUT2D eigenvalue weighted by Gasteiger charge is 2.32. The number of benzene rings is 8. The van der Waals surface area contributed by atoms with Crippen LogP contribution in [-0.4, -0.2) is 11.4 Å². The second-order valence-corrected chi connectivity index (χ2v) is 15.2. The van der Waals surface area contributed by atoms with Gasteiger partial charge in [-0.25, -0.2) is 27.5 Å². The number of rotatable bonds is 8. The van der Waals surface area contributed by atoms with Crippen LogP contribution in [0.4, 0.5) is 28.9 Å². The van der Waals surface area contributed by atoms with Crippen LogP contribution >= 0.6 is 0 Å². The Labute approximate surface area is 340 Å². The molecule has 0 atom stereocenters. The Morgan fingerprint density at radius 1 is 0.390 bits per heavy atom. The molecule has 288 valence electrons. The van der Waals surface area contributed by atoms with E-state index in [4.69, 9.17) is 9.98 Å². The van der Waals surface area contributed by atoms with E-state index in [9.17, 15) is 17.6 Å². The summed E-state index contributed by atoms with van der Waals surface area (Å²) in [6.45, 7) is 6.10. The lowest BCUT2D eigenvalue weighted by molar-refractivity contribution is 0.625. The van der Waals surface area contributed by atoms with E-state index in [0.29, 0.717) is 17.1 Å². The average molecular weight is 779 g/mol. The van der Waals surface area contributed by atoms with Gasteiger partial charge in [0.05, 0.1) is 22.8 Å². The molecule has 1 aliphatic carbocycles. The van der Waals surface area contributed by atoms with E-state index in [-0.39, 0.29) is 23.3 Å². The van der Waals surface area contributed by atoms with Gasteiger partial charge in [-0.15, -0.1) is 0 Å². The number of halogens is 4. The van der Waals surface area contributed by atoms with Crippen LogP contribution in [0.15, 0.2) is 174 Å². The van der Waals surface area contributed by atoms with Crippen molar-refractivity contribution in [3.05, 3.63) is 248 Å². The van der Waals surface area contributed by atoms with Crippen molar-refractivity contribution in [1.29, 1.82) is 0 Å². The molecule has 1 aliphatic rings. The second kappa shape index (κ2) is 15.4. The summed E-state index contributed by atoms with van der Waals surface area (Å²) < 4.78 is 58.4. The Morgan fingerprint density at radius 2 is 0.729 bits per heavy atom. The van der Waals surface area contributed by atoms with Gasteiger partial charge in [0.25, 0.3) is 0 Å². The van der Waals surface area contributed by atoms with Crippen LogP contribution in [0.3, 0.4) is 0 Å². The monoisotopic (exact) mass is 778 g/mol. The molecule has 6 heteroatoms. The molecule has 0 spiro atoms. The predicted molar refractivity (Wildman–Crippen MR) is 231 cm³/mol. The molecule has 0 heterocycles. The van der Waals surface area contributed by atoms with E-state index in [1.807, 2.05) is 51.1 Å². The van der Waals surface area contributed by atoms with Gasteiger partial charge < -0.3 is 0 Å². The largest absolute Gasteiger partial charge is 0.246 e. The smallest absolute Gasteiger partial charge is 0.123 e. The fourth-order valence-electron chi connectivity index (χ4n) is 8.55. The van der Waals surface area contributed by atoms with Crippen molar-refractivity contribution >= 4 is 33.6 Å². The molecule has 0 saturated heterocycles. The highest BCUT2D eigenvalue weighted by atomic mass is 19.1. The Hall–Kier alpha value is -6.92. The molecule has 59 heavy (non-hydrogen) atoms. The molecule has 0 fully saturated rings. The van der Waals surface area contributed by atoms with Crippen LogP contribution in [0.5, 0.6) is 0 Å². The van der Waals surface area contributed by atoms with Gasteiger partial charge in [-0.2, -0.15) is 0 Å². The summed E-state index contributed by atoms with van der Waals surface area (Å²) in [6, 6.07) is 48.1. The van der Waals surface area contributed by atoms with Crippen molar-refractivity contribution in [1.82, 2.24) is 0 Å². The second-order valence-electron chi connectivity index (χ2n) is 15.2. The van der Waals surface area contributed by atoms with E-state index in [2.05, 4.69) is 36.4 Å². The quantitative estimate of drug-likeness (QED) is 0.108. The Bertz CT molecular complexity index is 2700. The Balaban J connectivity index is 1.42. The van der Waals surface area contributed by atoms with E-state index in [1.54, 1.807) is 48.5 Å². The van der Waals surface area contributed by atoms with Crippen LogP contribution in [0.2, 0.25) is 0 Å². The minimum atomic E-state index is -0.533. The van der Waals surface area contributed by atoms with Crippen LogP contribution < -0.4 is 0 Å². The molecule has 0 N–H and O–H groups in total. The Kier molecular flexibility index (Phi) is 9.85. The maximum absolute atomic E-state index is 14.6. The maximum Gasteiger partial charge on any atom is 0.123 e. The van der Waals surface area contributed by atoms with Gasteiger partial charge in [0.2, 0.25) is 0 Å². The van der Waals surface area contributed by atoms with Gasteiger partial charge in [-0.05, 0) is 119 Å². The molecular weight excluding hydrogens is 741 g/mol. The first kappa shape index (κ1) is 37.6. The van der Waals surface area contributed by atoms with Gasteiger partial charge in [0.15, 0.2) is 0 Å². The highest BCUT2D eigenvalue weighted by molar-refractivity contribution is 6.61. The summed E-state index contributed by atoms with van der Waals surface area (Å²) in [5.41, 5.74) is 12.4. The zero-order valence-electron chi connectivity index (χ0n) is 32.6. The normalized spacial score (nSPS) is 13.7. The third kappa shape index (κ3) is 7.16. The van der Waals surface area contributed by atoms with E-state index >= 15 is 0 Å². The number of aryl methyl sites for hydroxylation is 3. The molecule has 8 aromatic carbocycles. The summed E-state index contributed by atoms with van der Waals surface area (Å²) in [5.74, 6) is -2.59. The standard InChI is InChI=1S/C53H38F4N2/c1-31-29-45(47(35-13-21-39(54)22-14-35)36-15-23-40(55)24-16-36)51(46(30-31)48(37-17-25-41(56)26-18-37)38-19-27-42(57)28-20-38)59-53-44-12-6-10-34-9-5-11-43(49(34)44)52(53)58-50-32(2)7-4-8-33(50)3/h4-30,47-48H,1-3H3. The topological polar surface area (TPSA) is 24.7 Å². The zero-order valence-corrected chi connectivity index (χ0v) is 32.6. The molecule has 0 bridgehead atoms. The average Bonchev–Trinajstić information content (AvgIpc) is 3.53. The first-order valence-electron chi connectivity index (χ1n) is 19.6. The third-order valence-corrected chi connectivity index (χ3v) is 11.3. The SMILES string of the molecule is Cc1cc(C(c2ccc(F)cc2)c2ccc(F)cc2)c(N=C2C(=Nc3c(C)cccc3C)c3cccc4cccc2c34)c(C(c2ccc(F)cc2)c2ccc(F)cc2)c1. The Morgan fingerprint density at radius 3 is 1.10 bits per heavy atom. The molecule has 9 rings (SSSR count). The van der Waals surface area contributed by atoms with Crippen molar-refractivity contribution in [2.24, 2.45) is 9.98 Å². The molecule has 0 amide bonds. The third-order valence-electron chi connectivity index (χ3n) is 11.3. The summed E-state index contributed by atoms with van der Waals surface area (Å²) in [5, 5.41) is 2.09. The minimum absolute atomic E-state index is 0.381. The number of nitrogens with zero attached hydrogens (tertiary/aromatic N) is 2. The number of hydrogen-bond acceptors (Lipinski definition) is 2. The summed E-state index contributed by atoms with van der Waals surface area (Å²) in [6.07, 6.45) is 0. The van der Waals surface area contributed by atoms with Gasteiger partial charge >= 0.3 is 0 Å². The summed E-state index contributed by atoms with van der Waals surface area (Å²) >= 11 is 0. The first-order chi connectivity index (χ1) is 28.6. The van der Waals surface area contributed by atoms with Gasteiger partial charge in [0.1, 0.15) is 23.3 Å². The van der Waals surface area contributed by atoms with Gasteiger partial charge in [-0.3, -0.25) is 0 Å². The molecule has 0 radical (unpaired) electrons. The van der Waals surface area contributed by atoms with Crippen LogP contribution in [0.1, 0.15) is 73.0 Å². The minimum Gasteiger partial charge on any atom is -0.246 e. The molecule has 0 unspecified atom stereocenters. The summed E-state index contributed by atoms with van der Waals surface area (Å²) in [4.78, 5) is 11.2. The molecule has 2 nitrogen and oxygen atoms in total. The molecule has 0 aliphatic heterocycles. The lowest BCUT2D eigenvalue weighted by Crippen LogP contribution is -2.14. The van der Waals surface area contributed by atoms with Crippen molar-refractivity contribution in [3.8, 4) is 0 Å². The van der Waals surface area contributed by atoms with Gasteiger partial charge in [-0.1, -0.05) is 121 Å². The highest BCUT2D eigenvalue weighted by Crippen LogP contribution is 2.47. The number of aliphatic imine (C=N–C) groups is 2. The van der Waals surface area contributed by atoms with Crippen LogP contribution in [-0.2, 0) is 0 Å². The zero-order chi connectivity index (χ0) is 40.8. The lowest BCUT2D eigenvalue weighted by atomic mass is 9.78. The summed E-state index contributed by atoms with van der Waals surface area (Å²) in [7, 11) is 0. The van der Waals surface area contributed by atoms with Gasteiger partial charge in [0, 0.05) is 28.3 Å². The predicted octanol–water partition coefficient (Wildman–Crippen LogP) is 13.9. The van der Waals surface area contributed by atoms with E-state index < -0.39 is 11.8 Å². The lowest BCUT2D eigenvalue weighted by Gasteiger charge is -2.27. The molecule has 8 aromatic rings. The fourth-order valence-corrected chi connectivity index (χ4v) is 8.55. The van der Waals surface area contributed by atoms with E-state index in [0.717, 1.165) is 77.7 Å². The molecule has 0 saturated carbocycles. The number of para-hydroxylation sites is 1. The number of hydrogen-bond donors (Lipinski definition) is 0. The van der Waals surface area contributed by atoms with Crippen molar-refractivity contribution in [2.45, 2.75) is 32.6 Å². The van der Waals surface area contributed by atoms with Crippen molar-refractivity contribution in [3.63, 3.8) is 0 Å². The van der Waals surface area contributed by atoms with Crippen molar-refractivity contribution < 1.29 is 17.6 Å². The van der Waals surface area contributed by atoms with Crippen molar-refractivity contribution in [2.75, 3.05) is 0 Å². The maximum atomic E-state index is 14.6. The van der Waals surface area contributed by atoms with Crippen LogP contribution in [0, 0.1) is 44.0 Å².